The van der Waals surface area contributed by atoms with Gasteiger partial charge in [-0.05, 0) is 37.0 Å². The Hall–Kier alpha value is -2.01. The summed E-state index contributed by atoms with van der Waals surface area (Å²) in [7, 11) is -3.77. The molecule has 2 aromatic rings. The number of aromatic nitrogens is 2. The first-order chi connectivity index (χ1) is 12.9. The molecular weight excluding hydrogens is 399 g/mol. The largest absolute Gasteiger partial charge is 0.381 e. The molecule has 3 rings (SSSR count). The van der Waals surface area contributed by atoms with E-state index in [0.29, 0.717) is 31.7 Å². The maximum Gasteiger partial charge on any atom is 0.269 e. The van der Waals surface area contributed by atoms with Crippen LogP contribution in [0.2, 0.25) is 5.02 Å². The van der Waals surface area contributed by atoms with Crippen molar-refractivity contribution in [2.24, 2.45) is 5.92 Å². The second kappa shape index (κ2) is 8.34. The number of hydrogen-bond donors (Lipinski definition) is 2. The van der Waals surface area contributed by atoms with Crippen LogP contribution in [0.15, 0.2) is 30.6 Å². The molecular formula is C16H18ClFN4O4S. The zero-order valence-corrected chi connectivity index (χ0v) is 15.8. The van der Waals surface area contributed by atoms with Crippen molar-refractivity contribution in [3.63, 3.8) is 0 Å². The van der Waals surface area contributed by atoms with Gasteiger partial charge in [-0.25, -0.2) is 17.5 Å². The molecule has 27 heavy (non-hydrogen) atoms. The molecule has 1 aliphatic heterocycles. The van der Waals surface area contributed by atoms with Crippen LogP contribution in [0.4, 0.5) is 4.39 Å². The lowest BCUT2D eigenvalue weighted by atomic mass is 10.0. The van der Waals surface area contributed by atoms with Crippen molar-refractivity contribution in [2.45, 2.75) is 12.8 Å². The van der Waals surface area contributed by atoms with Crippen LogP contribution < -0.4 is 10.3 Å². The minimum Gasteiger partial charge on any atom is -0.381 e. The predicted molar refractivity (Wildman–Crippen MR) is 96.5 cm³/mol. The topological polar surface area (TPSA) is 102 Å². The molecule has 2 heterocycles. The fourth-order valence-corrected chi connectivity index (χ4v) is 4.25. The first-order valence-corrected chi connectivity index (χ1v) is 10.3. The number of nitrogens with one attached hydrogen (secondary N) is 2. The van der Waals surface area contributed by atoms with E-state index in [4.69, 9.17) is 16.3 Å². The molecule has 0 saturated carbocycles. The summed E-state index contributed by atoms with van der Waals surface area (Å²) in [5.74, 6) is -2.11. The SMILES string of the molecule is O=C(NNS(=O)(=O)CC1CCOCC1)c1cc(-n2cccn2)cc(Cl)c1F. The number of hydrazine groups is 1. The number of nitrogens with zero attached hydrogens (tertiary/aromatic N) is 2. The van der Waals surface area contributed by atoms with Crippen LogP contribution in [0.5, 0.6) is 0 Å². The molecule has 2 N–H and O–H groups in total. The summed E-state index contributed by atoms with van der Waals surface area (Å²) >= 11 is 5.85. The second-order valence-electron chi connectivity index (χ2n) is 6.13. The lowest BCUT2D eigenvalue weighted by Gasteiger charge is -2.21. The van der Waals surface area contributed by atoms with Crippen LogP contribution in [-0.2, 0) is 14.8 Å². The van der Waals surface area contributed by atoms with Crippen LogP contribution >= 0.6 is 11.6 Å². The molecule has 0 bridgehead atoms. The summed E-state index contributed by atoms with van der Waals surface area (Å²) in [6.07, 6.45) is 4.37. The third kappa shape index (κ3) is 5.04. The van der Waals surface area contributed by atoms with Gasteiger partial charge in [-0.2, -0.15) is 5.10 Å². The predicted octanol–water partition coefficient (Wildman–Crippen LogP) is 1.66. The van der Waals surface area contributed by atoms with Gasteiger partial charge in [0, 0.05) is 25.6 Å². The Morgan fingerprint density at radius 1 is 1.37 bits per heavy atom. The van der Waals surface area contributed by atoms with E-state index in [0.717, 1.165) is 0 Å². The van der Waals surface area contributed by atoms with Crippen molar-refractivity contribution in [1.82, 2.24) is 20.0 Å². The number of halogens is 2. The standard InChI is InChI=1S/C16H18ClFN4O4S/c17-14-9-12(22-5-1-4-19-22)8-13(15(14)18)16(23)20-21-27(24,25)10-11-2-6-26-7-3-11/h1,4-5,8-9,11,21H,2-3,6-7,10H2,(H,20,23). The Balaban J connectivity index is 1.70. The summed E-state index contributed by atoms with van der Waals surface area (Å²) in [6, 6.07) is 4.20. The van der Waals surface area contributed by atoms with Gasteiger partial charge in [0.2, 0.25) is 10.0 Å². The molecule has 0 unspecified atom stereocenters. The molecule has 1 saturated heterocycles. The summed E-state index contributed by atoms with van der Waals surface area (Å²) in [6.45, 7) is 1.02. The Morgan fingerprint density at radius 3 is 2.78 bits per heavy atom. The monoisotopic (exact) mass is 416 g/mol. The van der Waals surface area contributed by atoms with E-state index >= 15 is 0 Å². The molecule has 8 nitrogen and oxygen atoms in total. The number of benzene rings is 1. The van der Waals surface area contributed by atoms with Crippen molar-refractivity contribution in [3.8, 4) is 5.69 Å². The first kappa shape index (κ1) is 19.7. The van der Waals surface area contributed by atoms with Gasteiger partial charge in [-0.3, -0.25) is 10.2 Å². The van der Waals surface area contributed by atoms with Gasteiger partial charge in [-0.1, -0.05) is 11.6 Å². The van der Waals surface area contributed by atoms with Crippen molar-refractivity contribution in [3.05, 3.63) is 47.0 Å². The van der Waals surface area contributed by atoms with E-state index in [2.05, 4.69) is 5.10 Å². The number of ether oxygens (including phenoxy) is 1. The van der Waals surface area contributed by atoms with Gasteiger partial charge < -0.3 is 4.74 Å². The molecule has 1 aromatic carbocycles. The molecule has 1 amide bonds. The third-order valence-electron chi connectivity index (χ3n) is 4.14. The molecule has 1 aliphatic rings. The van der Waals surface area contributed by atoms with E-state index in [-0.39, 0.29) is 16.7 Å². The molecule has 0 spiro atoms. The summed E-state index contributed by atoms with van der Waals surface area (Å²) in [4.78, 5) is 14.3. The highest BCUT2D eigenvalue weighted by Gasteiger charge is 2.23. The van der Waals surface area contributed by atoms with Gasteiger partial charge in [0.25, 0.3) is 5.91 Å². The summed E-state index contributed by atoms with van der Waals surface area (Å²) < 4.78 is 45.1. The lowest BCUT2D eigenvalue weighted by molar-refractivity contribution is 0.0722. The molecule has 1 fully saturated rings. The summed E-state index contributed by atoms with van der Waals surface area (Å²) in [5, 5.41) is 3.71. The highest BCUT2D eigenvalue weighted by atomic mass is 35.5. The van der Waals surface area contributed by atoms with Crippen molar-refractivity contribution in [1.29, 1.82) is 0 Å². The Kier molecular flexibility index (Phi) is 6.10. The molecule has 0 atom stereocenters. The summed E-state index contributed by atoms with van der Waals surface area (Å²) in [5.41, 5.74) is 1.99. The molecule has 11 heteroatoms. The van der Waals surface area contributed by atoms with E-state index in [1.165, 1.54) is 23.0 Å². The van der Waals surface area contributed by atoms with E-state index in [9.17, 15) is 17.6 Å². The molecule has 1 aromatic heterocycles. The number of carbonyl (C=O) groups is 1. The minimum atomic E-state index is -3.77. The average Bonchev–Trinajstić information content (AvgIpc) is 3.17. The third-order valence-corrected chi connectivity index (χ3v) is 5.74. The maximum atomic E-state index is 14.3. The van der Waals surface area contributed by atoms with E-state index in [1.54, 1.807) is 12.3 Å². The number of amides is 1. The Bertz CT molecular complexity index is 915. The zero-order valence-electron chi connectivity index (χ0n) is 14.2. The fraction of sp³-hybridized carbons (Fsp3) is 0.375. The van der Waals surface area contributed by atoms with Crippen LogP contribution in [0.25, 0.3) is 5.69 Å². The second-order valence-corrected chi connectivity index (χ2v) is 8.31. The lowest BCUT2D eigenvalue weighted by Crippen LogP contribution is -2.44. The number of sulfonamides is 1. The van der Waals surface area contributed by atoms with Gasteiger partial charge in [0.05, 0.1) is 22.0 Å². The molecule has 146 valence electrons. The molecule has 0 radical (unpaired) electrons. The van der Waals surface area contributed by atoms with Crippen molar-refractivity contribution >= 4 is 27.5 Å². The van der Waals surface area contributed by atoms with Gasteiger partial charge in [0.15, 0.2) is 5.82 Å². The highest BCUT2D eigenvalue weighted by molar-refractivity contribution is 7.89. The Morgan fingerprint density at radius 2 is 2.11 bits per heavy atom. The normalized spacial score (nSPS) is 15.6. The average molecular weight is 417 g/mol. The zero-order chi connectivity index (χ0) is 19.4. The van der Waals surface area contributed by atoms with Crippen molar-refractivity contribution < 1.29 is 22.3 Å². The number of carbonyl (C=O) groups excluding carboxylic acids is 1. The van der Waals surface area contributed by atoms with Crippen LogP contribution in [-0.4, -0.2) is 43.1 Å². The first-order valence-electron chi connectivity index (χ1n) is 8.22. The smallest absolute Gasteiger partial charge is 0.269 e. The van der Waals surface area contributed by atoms with Gasteiger partial charge >= 0.3 is 0 Å². The van der Waals surface area contributed by atoms with Crippen molar-refractivity contribution in [2.75, 3.05) is 19.0 Å². The van der Waals surface area contributed by atoms with Gasteiger partial charge in [0.1, 0.15) is 0 Å². The maximum absolute atomic E-state index is 14.3. The fourth-order valence-electron chi connectivity index (χ4n) is 2.75. The number of hydrogen-bond acceptors (Lipinski definition) is 5. The highest BCUT2D eigenvalue weighted by Crippen LogP contribution is 2.23. The quantitative estimate of drug-likeness (QED) is 0.697. The van der Waals surface area contributed by atoms with Crippen LogP contribution in [0, 0.1) is 11.7 Å². The number of rotatable bonds is 6. The van der Waals surface area contributed by atoms with E-state index in [1.807, 2.05) is 10.3 Å². The Labute approximate surface area is 160 Å². The molecule has 0 aliphatic carbocycles. The van der Waals surface area contributed by atoms with Gasteiger partial charge in [-0.15, -0.1) is 4.83 Å². The van der Waals surface area contributed by atoms with Crippen LogP contribution in [0.1, 0.15) is 23.2 Å². The minimum absolute atomic E-state index is 0.0533. The van der Waals surface area contributed by atoms with Crippen LogP contribution in [0.3, 0.4) is 0 Å². The van der Waals surface area contributed by atoms with E-state index < -0.39 is 27.3 Å².